The van der Waals surface area contributed by atoms with E-state index < -0.39 is 8.07 Å². The van der Waals surface area contributed by atoms with Crippen molar-refractivity contribution in [2.45, 2.75) is 40.0 Å². The minimum Gasteiger partial charge on any atom is -0.289 e. The van der Waals surface area contributed by atoms with Crippen LogP contribution in [0.25, 0.3) is 0 Å². The summed E-state index contributed by atoms with van der Waals surface area (Å²) in [6.45, 7) is 12.7. The fourth-order valence-electron chi connectivity index (χ4n) is 2.20. The predicted octanol–water partition coefficient (Wildman–Crippen LogP) is 3.51. The number of hydrogen-bond donors (Lipinski definition) is 0. The first-order chi connectivity index (χ1) is 8.31. The van der Waals surface area contributed by atoms with E-state index in [-0.39, 0.29) is 0 Å². The van der Waals surface area contributed by atoms with E-state index in [2.05, 4.69) is 62.7 Å². The Morgan fingerprint density at radius 2 is 1.89 bits per heavy atom. The van der Waals surface area contributed by atoms with Crippen molar-refractivity contribution in [2.24, 2.45) is 0 Å². The molecule has 0 atom stereocenters. The Balaban J connectivity index is 2.80. The molecule has 0 heterocycles. The lowest BCUT2D eigenvalue weighted by Crippen LogP contribution is -2.40. The zero-order chi connectivity index (χ0) is 13.8. The summed E-state index contributed by atoms with van der Waals surface area (Å²) in [5.41, 5.74) is 3.97. The summed E-state index contributed by atoms with van der Waals surface area (Å²) in [5.74, 6) is 0. The van der Waals surface area contributed by atoms with Gasteiger partial charge >= 0.3 is 0 Å². The Hall–Kier alpha value is -1.11. The first-order valence-corrected chi connectivity index (χ1v) is 10.2. The second kappa shape index (κ2) is 6.17. The highest BCUT2D eigenvalue weighted by molar-refractivity contribution is 6.76. The van der Waals surface area contributed by atoms with Gasteiger partial charge in [-0.2, -0.15) is 5.26 Å². The van der Waals surface area contributed by atoms with E-state index in [0.29, 0.717) is 6.54 Å². The van der Waals surface area contributed by atoms with E-state index in [4.69, 9.17) is 5.26 Å². The van der Waals surface area contributed by atoms with Crippen molar-refractivity contribution in [3.8, 4) is 6.07 Å². The van der Waals surface area contributed by atoms with Crippen LogP contribution in [0, 0.1) is 25.2 Å². The van der Waals surface area contributed by atoms with Crippen LogP contribution in [0.4, 0.5) is 0 Å². The normalized spacial score (nSPS) is 11.6. The maximum Gasteiger partial charge on any atom is 0.0866 e. The minimum atomic E-state index is -1.16. The van der Waals surface area contributed by atoms with Gasteiger partial charge in [-0.3, -0.25) is 4.90 Å². The predicted molar refractivity (Wildman–Crippen MR) is 80.2 cm³/mol. The topological polar surface area (TPSA) is 27.0 Å². The number of rotatable bonds is 5. The van der Waals surface area contributed by atoms with Gasteiger partial charge in [0.25, 0.3) is 0 Å². The van der Waals surface area contributed by atoms with Crippen molar-refractivity contribution >= 4 is 8.07 Å². The van der Waals surface area contributed by atoms with Gasteiger partial charge in [0.05, 0.1) is 20.7 Å². The molecule has 0 aromatic heterocycles. The first-order valence-electron chi connectivity index (χ1n) is 6.47. The van der Waals surface area contributed by atoms with Crippen LogP contribution in [0.5, 0.6) is 0 Å². The highest BCUT2D eigenvalue weighted by Crippen LogP contribution is 2.14. The van der Waals surface area contributed by atoms with Gasteiger partial charge in [0, 0.05) is 6.54 Å². The number of hydrogen-bond acceptors (Lipinski definition) is 2. The molecule has 0 fully saturated rings. The Labute approximate surface area is 112 Å². The van der Waals surface area contributed by atoms with Crippen LogP contribution in [-0.4, -0.2) is 25.7 Å². The molecule has 98 valence electrons. The lowest BCUT2D eigenvalue weighted by atomic mass is 10.1. The Morgan fingerprint density at radius 3 is 2.39 bits per heavy atom. The standard InChI is InChI=1S/C15H24N2Si/c1-13-6-7-15(14(2)10-13)11-17(9-8-16)12-18(3,4)5/h6-7,10H,9,11-12H2,1-5H3. The third-order valence-electron chi connectivity index (χ3n) is 2.88. The molecule has 0 N–H and O–H groups in total. The van der Waals surface area contributed by atoms with E-state index >= 15 is 0 Å². The molecule has 0 saturated carbocycles. The highest BCUT2D eigenvalue weighted by Gasteiger charge is 2.18. The lowest BCUT2D eigenvalue weighted by Gasteiger charge is -2.27. The number of nitriles is 1. The van der Waals surface area contributed by atoms with Crippen molar-refractivity contribution in [1.82, 2.24) is 4.90 Å². The molecule has 1 aromatic rings. The largest absolute Gasteiger partial charge is 0.289 e. The van der Waals surface area contributed by atoms with Crippen LogP contribution in [0.3, 0.4) is 0 Å². The molecule has 0 aliphatic carbocycles. The van der Waals surface area contributed by atoms with Crippen LogP contribution in [-0.2, 0) is 6.54 Å². The van der Waals surface area contributed by atoms with E-state index in [9.17, 15) is 0 Å². The number of nitrogens with zero attached hydrogens (tertiary/aromatic N) is 2. The quantitative estimate of drug-likeness (QED) is 0.598. The lowest BCUT2D eigenvalue weighted by molar-refractivity contribution is 0.341. The molecule has 2 nitrogen and oxygen atoms in total. The molecule has 0 spiro atoms. The molecule has 0 unspecified atom stereocenters. The monoisotopic (exact) mass is 260 g/mol. The average molecular weight is 260 g/mol. The summed E-state index contributed by atoms with van der Waals surface area (Å²) < 4.78 is 0. The van der Waals surface area contributed by atoms with Crippen LogP contribution in [0.15, 0.2) is 18.2 Å². The zero-order valence-corrected chi connectivity index (χ0v) is 13.2. The molecule has 0 radical (unpaired) electrons. The van der Waals surface area contributed by atoms with Crippen LogP contribution in [0.1, 0.15) is 16.7 Å². The molecule has 1 rings (SSSR count). The molecule has 0 saturated heterocycles. The van der Waals surface area contributed by atoms with Crippen molar-refractivity contribution in [3.05, 3.63) is 34.9 Å². The Kier molecular flexibility index (Phi) is 5.12. The van der Waals surface area contributed by atoms with Gasteiger partial charge in [-0.25, -0.2) is 0 Å². The molecule has 0 aliphatic rings. The maximum atomic E-state index is 8.95. The van der Waals surface area contributed by atoms with Crippen molar-refractivity contribution < 1.29 is 0 Å². The summed E-state index contributed by atoms with van der Waals surface area (Å²) in [7, 11) is -1.16. The van der Waals surface area contributed by atoms with Gasteiger partial charge in [-0.1, -0.05) is 43.4 Å². The third kappa shape index (κ3) is 5.03. The SMILES string of the molecule is Cc1ccc(CN(CC#N)C[Si](C)(C)C)c(C)c1. The third-order valence-corrected chi connectivity index (χ3v) is 4.28. The van der Waals surface area contributed by atoms with Crippen molar-refractivity contribution in [3.63, 3.8) is 0 Å². The molecule has 0 bridgehead atoms. The highest BCUT2D eigenvalue weighted by atomic mass is 28.3. The fraction of sp³-hybridized carbons (Fsp3) is 0.533. The van der Waals surface area contributed by atoms with Gasteiger partial charge in [-0.05, 0) is 31.1 Å². The molecular formula is C15H24N2Si. The van der Waals surface area contributed by atoms with E-state index in [1.54, 1.807) is 0 Å². The maximum absolute atomic E-state index is 8.95. The molecule has 0 amide bonds. The second-order valence-electron chi connectivity index (χ2n) is 6.29. The van der Waals surface area contributed by atoms with E-state index in [1.807, 2.05) is 0 Å². The van der Waals surface area contributed by atoms with Crippen LogP contribution in [0.2, 0.25) is 19.6 Å². The molecular weight excluding hydrogens is 236 g/mol. The average Bonchev–Trinajstić information content (AvgIpc) is 2.20. The van der Waals surface area contributed by atoms with E-state index in [1.165, 1.54) is 16.7 Å². The minimum absolute atomic E-state index is 0.525. The van der Waals surface area contributed by atoms with Gasteiger partial charge in [0.2, 0.25) is 0 Å². The molecule has 1 aromatic carbocycles. The van der Waals surface area contributed by atoms with E-state index in [0.717, 1.165) is 12.7 Å². The van der Waals surface area contributed by atoms with Crippen LogP contribution < -0.4 is 0 Å². The Bertz CT molecular complexity index is 441. The number of benzene rings is 1. The fourth-order valence-corrected chi connectivity index (χ4v) is 3.77. The summed E-state index contributed by atoms with van der Waals surface area (Å²) in [6.07, 6.45) is 1.08. The van der Waals surface area contributed by atoms with Gasteiger partial charge in [0.1, 0.15) is 0 Å². The zero-order valence-electron chi connectivity index (χ0n) is 12.2. The summed E-state index contributed by atoms with van der Waals surface area (Å²) in [5, 5.41) is 8.95. The Morgan fingerprint density at radius 1 is 1.22 bits per heavy atom. The van der Waals surface area contributed by atoms with Gasteiger partial charge < -0.3 is 0 Å². The number of aryl methyl sites for hydroxylation is 2. The van der Waals surface area contributed by atoms with Crippen molar-refractivity contribution in [2.75, 3.05) is 12.7 Å². The molecule has 3 heteroatoms. The summed E-state index contributed by atoms with van der Waals surface area (Å²) in [4.78, 5) is 2.28. The van der Waals surface area contributed by atoms with Gasteiger partial charge in [0.15, 0.2) is 0 Å². The first kappa shape index (κ1) is 14.9. The molecule has 0 aliphatic heterocycles. The second-order valence-corrected chi connectivity index (χ2v) is 11.7. The van der Waals surface area contributed by atoms with Crippen LogP contribution >= 0.6 is 0 Å². The summed E-state index contributed by atoms with van der Waals surface area (Å²) >= 11 is 0. The smallest absolute Gasteiger partial charge is 0.0866 e. The van der Waals surface area contributed by atoms with Gasteiger partial charge in [-0.15, -0.1) is 0 Å². The summed E-state index contributed by atoms with van der Waals surface area (Å²) in [6, 6.07) is 8.85. The van der Waals surface area contributed by atoms with Crippen molar-refractivity contribution in [1.29, 1.82) is 5.26 Å². The molecule has 18 heavy (non-hydrogen) atoms.